The highest BCUT2D eigenvalue weighted by molar-refractivity contribution is 7.98. The molecule has 0 aliphatic heterocycles. The molecule has 0 aromatic heterocycles. The molecule has 2 rings (SSSR count). The van der Waals surface area contributed by atoms with Gasteiger partial charge in [0, 0.05) is 17.5 Å². The van der Waals surface area contributed by atoms with Crippen molar-refractivity contribution in [2.45, 2.75) is 41.5 Å². The Morgan fingerprint density at radius 2 is 2.10 bits per heavy atom. The van der Waals surface area contributed by atoms with Gasteiger partial charge in [0.2, 0.25) is 10.0 Å². The maximum Gasteiger partial charge on any atom is 0.240 e. The quantitative estimate of drug-likeness (QED) is 0.790. The fourth-order valence-electron chi connectivity index (χ4n) is 2.73. The number of thioether (sulfide) groups is 1. The van der Waals surface area contributed by atoms with Crippen molar-refractivity contribution in [3.8, 4) is 0 Å². The van der Waals surface area contributed by atoms with E-state index in [1.54, 1.807) is 18.2 Å². The Balaban J connectivity index is 2.16. The Morgan fingerprint density at radius 3 is 2.70 bits per heavy atom. The van der Waals surface area contributed by atoms with E-state index in [1.165, 1.54) is 24.6 Å². The molecule has 0 saturated heterocycles. The van der Waals surface area contributed by atoms with Crippen molar-refractivity contribution in [3.63, 3.8) is 0 Å². The van der Waals surface area contributed by atoms with Crippen molar-refractivity contribution >= 4 is 21.8 Å². The molecule has 112 valence electrons. The Labute approximate surface area is 125 Å². The molecule has 1 aliphatic rings. The number of sulfonamides is 1. The van der Waals surface area contributed by atoms with Crippen LogP contribution in [0.1, 0.15) is 25.7 Å². The lowest BCUT2D eigenvalue weighted by atomic mass is 9.99. The summed E-state index contributed by atoms with van der Waals surface area (Å²) in [5.74, 6) is 0.374. The maximum atomic E-state index is 12.5. The fraction of sp³-hybridized carbons (Fsp3) is 0.571. The summed E-state index contributed by atoms with van der Waals surface area (Å²) in [5.41, 5.74) is 5.76. The molecule has 1 atom stereocenters. The van der Waals surface area contributed by atoms with Crippen LogP contribution in [0.2, 0.25) is 0 Å². The molecule has 0 amide bonds. The highest BCUT2D eigenvalue weighted by atomic mass is 32.2. The van der Waals surface area contributed by atoms with Gasteiger partial charge in [0.05, 0.1) is 4.90 Å². The summed E-state index contributed by atoms with van der Waals surface area (Å²) in [6, 6.07) is 6.86. The summed E-state index contributed by atoms with van der Waals surface area (Å²) in [6.45, 7) is 0.353. The molecule has 0 spiro atoms. The molecule has 0 radical (unpaired) electrons. The lowest BCUT2D eigenvalue weighted by molar-refractivity contribution is 0.405. The van der Waals surface area contributed by atoms with E-state index in [4.69, 9.17) is 5.73 Å². The maximum absolute atomic E-state index is 12.5. The first-order valence-electron chi connectivity index (χ1n) is 6.93. The molecule has 3 N–H and O–H groups in total. The SMILES string of the molecule is CSc1cccc(S(=O)(=O)NC(CN)C2CCCC2)c1. The minimum atomic E-state index is -3.48. The Bertz CT molecular complexity index is 540. The van der Waals surface area contributed by atoms with E-state index in [9.17, 15) is 8.42 Å². The second-order valence-corrected chi connectivity index (χ2v) is 7.78. The summed E-state index contributed by atoms with van der Waals surface area (Å²) < 4.78 is 27.7. The lowest BCUT2D eigenvalue weighted by Gasteiger charge is -2.23. The normalized spacial score (nSPS) is 18.3. The molecule has 0 heterocycles. The number of benzene rings is 1. The molecule has 1 fully saturated rings. The molecule has 1 aliphatic carbocycles. The highest BCUT2D eigenvalue weighted by Crippen LogP contribution is 2.28. The molecule has 1 saturated carbocycles. The second-order valence-electron chi connectivity index (χ2n) is 5.19. The third-order valence-electron chi connectivity index (χ3n) is 3.88. The van der Waals surface area contributed by atoms with Crippen LogP contribution in [0.25, 0.3) is 0 Å². The van der Waals surface area contributed by atoms with Gasteiger partial charge in [0.25, 0.3) is 0 Å². The van der Waals surface area contributed by atoms with Crippen LogP contribution in [0.4, 0.5) is 0 Å². The summed E-state index contributed by atoms with van der Waals surface area (Å²) >= 11 is 1.53. The monoisotopic (exact) mass is 314 g/mol. The standard InChI is InChI=1S/C14H22N2O2S2/c1-19-12-7-4-8-13(9-12)20(17,18)16-14(10-15)11-5-2-3-6-11/h4,7-9,11,14,16H,2-3,5-6,10,15H2,1H3. The molecule has 1 aromatic carbocycles. The predicted octanol–water partition coefficient (Wildman–Crippen LogP) is 2.20. The molecule has 1 aromatic rings. The predicted molar refractivity (Wildman–Crippen MR) is 83.3 cm³/mol. The lowest BCUT2D eigenvalue weighted by Crippen LogP contribution is -2.44. The Morgan fingerprint density at radius 1 is 1.40 bits per heavy atom. The molecular weight excluding hydrogens is 292 g/mol. The third kappa shape index (κ3) is 3.75. The van der Waals surface area contributed by atoms with Gasteiger partial charge < -0.3 is 5.73 Å². The number of nitrogens with one attached hydrogen (secondary N) is 1. The van der Waals surface area contributed by atoms with Crippen LogP contribution in [0.3, 0.4) is 0 Å². The Hall–Kier alpha value is -0.560. The minimum absolute atomic E-state index is 0.152. The van der Waals surface area contributed by atoms with Crippen LogP contribution in [-0.2, 0) is 10.0 Å². The summed E-state index contributed by atoms with van der Waals surface area (Å²) in [4.78, 5) is 1.26. The van der Waals surface area contributed by atoms with Crippen molar-refractivity contribution in [3.05, 3.63) is 24.3 Å². The van der Waals surface area contributed by atoms with Crippen LogP contribution in [-0.4, -0.2) is 27.3 Å². The van der Waals surface area contributed by atoms with Crippen molar-refractivity contribution in [1.29, 1.82) is 0 Å². The number of hydrogen-bond donors (Lipinski definition) is 2. The van der Waals surface area contributed by atoms with Crippen LogP contribution in [0, 0.1) is 5.92 Å². The van der Waals surface area contributed by atoms with E-state index in [2.05, 4.69) is 4.72 Å². The van der Waals surface area contributed by atoms with E-state index in [0.717, 1.165) is 17.7 Å². The van der Waals surface area contributed by atoms with Gasteiger partial charge in [-0.05, 0) is 43.2 Å². The van der Waals surface area contributed by atoms with Crippen LogP contribution < -0.4 is 10.5 Å². The number of rotatable bonds is 6. The van der Waals surface area contributed by atoms with Gasteiger partial charge in [-0.1, -0.05) is 18.9 Å². The summed E-state index contributed by atoms with van der Waals surface area (Å²) in [6.07, 6.45) is 6.40. The molecular formula is C14H22N2O2S2. The van der Waals surface area contributed by atoms with Crippen molar-refractivity contribution in [2.24, 2.45) is 11.7 Å². The number of nitrogens with two attached hydrogens (primary N) is 1. The Kier molecular flexibility index (Phi) is 5.49. The van der Waals surface area contributed by atoms with E-state index in [1.807, 2.05) is 12.3 Å². The summed E-state index contributed by atoms with van der Waals surface area (Å²) in [5, 5.41) is 0. The minimum Gasteiger partial charge on any atom is -0.329 e. The van der Waals surface area contributed by atoms with Crippen molar-refractivity contribution < 1.29 is 8.42 Å². The average Bonchev–Trinajstić information content (AvgIpc) is 2.99. The smallest absolute Gasteiger partial charge is 0.240 e. The van der Waals surface area contributed by atoms with Gasteiger partial charge in [-0.3, -0.25) is 0 Å². The van der Waals surface area contributed by atoms with Gasteiger partial charge in [0.1, 0.15) is 0 Å². The van der Waals surface area contributed by atoms with Crippen molar-refractivity contribution in [2.75, 3.05) is 12.8 Å². The van der Waals surface area contributed by atoms with Gasteiger partial charge in [0.15, 0.2) is 0 Å². The molecule has 0 bridgehead atoms. The molecule has 20 heavy (non-hydrogen) atoms. The first-order chi connectivity index (χ1) is 9.56. The van der Waals surface area contributed by atoms with Gasteiger partial charge >= 0.3 is 0 Å². The zero-order valence-electron chi connectivity index (χ0n) is 11.7. The second kappa shape index (κ2) is 6.93. The molecule has 4 nitrogen and oxygen atoms in total. The van der Waals surface area contributed by atoms with E-state index in [-0.39, 0.29) is 6.04 Å². The van der Waals surface area contributed by atoms with Gasteiger partial charge in [-0.15, -0.1) is 11.8 Å². The van der Waals surface area contributed by atoms with E-state index in [0.29, 0.717) is 17.4 Å². The van der Waals surface area contributed by atoms with Crippen LogP contribution in [0.15, 0.2) is 34.1 Å². The van der Waals surface area contributed by atoms with Crippen LogP contribution >= 0.6 is 11.8 Å². The van der Waals surface area contributed by atoms with Gasteiger partial charge in [-0.25, -0.2) is 13.1 Å². The summed E-state index contributed by atoms with van der Waals surface area (Å²) in [7, 11) is -3.48. The highest BCUT2D eigenvalue weighted by Gasteiger charge is 2.28. The largest absolute Gasteiger partial charge is 0.329 e. The zero-order valence-corrected chi connectivity index (χ0v) is 13.3. The van der Waals surface area contributed by atoms with Crippen LogP contribution in [0.5, 0.6) is 0 Å². The average molecular weight is 314 g/mol. The first-order valence-corrected chi connectivity index (χ1v) is 9.64. The van der Waals surface area contributed by atoms with E-state index >= 15 is 0 Å². The topological polar surface area (TPSA) is 72.2 Å². The van der Waals surface area contributed by atoms with Crippen molar-refractivity contribution in [1.82, 2.24) is 4.72 Å². The fourth-order valence-corrected chi connectivity index (χ4v) is 4.63. The first kappa shape index (κ1) is 15.8. The van der Waals surface area contributed by atoms with Gasteiger partial charge in [-0.2, -0.15) is 0 Å². The molecule has 1 unspecified atom stereocenters. The van der Waals surface area contributed by atoms with E-state index < -0.39 is 10.0 Å². The number of hydrogen-bond acceptors (Lipinski definition) is 4. The molecule has 6 heteroatoms. The zero-order chi connectivity index (χ0) is 14.6. The third-order valence-corrected chi connectivity index (χ3v) is 6.09.